The standard InChI is InChI=1S/C17H27NO/c1-17(2,3)14-8-10-16(11-9-14)19-13-5-7-15-6-4-12-18-15/h8-11,15,18H,4-7,12-13H2,1-3H3. The number of hydrogen-bond acceptors (Lipinski definition) is 2. The van der Waals surface area contributed by atoms with Crippen molar-refractivity contribution in [2.24, 2.45) is 0 Å². The molecule has 0 saturated carbocycles. The lowest BCUT2D eigenvalue weighted by Crippen LogP contribution is -2.21. The smallest absolute Gasteiger partial charge is 0.119 e. The third-order valence-electron chi connectivity index (χ3n) is 3.85. The Labute approximate surface area is 117 Å². The highest BCUT2D eigenvalue weighted by atomic mass is 16.5. The van der Waals surface area contributed by atoms with Crippen molar-refractivity contribution in [1.82, 2.24) is 5.32 Å². The van der Waals surface area contributed by atoms with Crippen LogP contribution >= 0.6 is 0 Å². The molecule has 0 radical (unpaired) electrons. The van der Waals surface area contributed by atoms with Crippen LogP contribution in [0.3, 0.4) is 0 Å². The van der Waals surface area contributed by atoms with E-state index in [-0.39, 0.29) is 5.41 Å². The molecule has 2 nitrogen and oxygen atoms in total. The first kappa shape index (κ1) is 14.4. The van der Waals surface area contributed by atoms with Gasteiger partial charge in [0.15, 0.2) is 0 Å². The average Bonchev–Trinajstić information content (AvgIpc) is 2.87. The van der Waals surface area contributed by atoms with E-state index in [1.807, 2.05) is 0 Å². The van der Waals surface area contributed by atoms with Gasteiger partial charge >= 0.3 is 0 Å². The summed E-state index contributed by atoms with van der Waals surface area (Å²) < 4.78 is 5.81. The van der Waals surface area contributed by atoms with Gasteiger partial charge in [-0.05, 0) is 55.3 Å². The van der Waals surface area contributed by atoms with Crippen molar-refractivity contribution in [3.8, 4) is 5.75 Å². The maximum atomic E-state index is 5.81. The molecule has 1 saturated heterocycles. The number of benzene rings is 1. The van der Waals surface area contributed by atoms with Crippen LogP contribution in [0.4, 0.5) is 0 Å². The molecule has 0 aliphatic carbocycles. The minimum Gasteiger partial charge on any atom is -0.494 e. The van der Waals surface area contributed by atoms with Gasteiger partial charge in [-0.1, -0.05) is 32.9 Å². The van der Waals surface area contributed by atoms with Crippen LogP contribution in [0, 0.1) is 0 Å². The lowest BCUT2D eigenvalue weighted by Gasteiger charge is -2.19. The molecular weight excluding hydrogens is 234 g/mol. The molecule has 1 atom stereocenters. The van der Waals surface area contributed by atoms with Crippen LogP contribution in [0.1, 0.15) is 52.0 Å². The van der Waals surface area contributed by atoms with Crippen molar-refractivity contribution in [3.05, 3.63) is 29.8 Å². The Morgan fingerprint density at radius 3 is 2.53 bits per heavy atom. The molecule has 1 aromatic carbocycles. The van der Waals surface area contributed by atoms with Gasteiger partial charge < -0.3 is 10.1 Å². The molecule has 19 heavy (non-hydrogen) atoms. The molecule has 1 heterocycles. The van der Waals surface area contributed by atoms with Crippen molar-refractivity contribution in [2.45, 2.75) is 57.9 Å². The number of hydrogen-bond donors (Lipinski definition) is 1. The molecule has 0 spiro atoms. The van der Waals surface area contributed by atoms with E-state index in [0.29, 0.717) is 0 Å². The summed E-state index contributed by atoms with van der Waals surface area (Å²) in [6.07, 6.45) is 5.04. The zero-order chi connectivity index (χ0) is 13.7. The van der Waals surface area contributed by atoms with Gasteiger partial charge in [0.05, 0.1) is 6.61 Å². The Morgan fingerprint density at radius 1 is 1.21 bits per heavy atom. The fourth-order valence-corrected chi connectivity index (χ4v) is 2.57. The average molecular weight is 261 g/mol. The summed E-state index contributed by atoms with van der Waals surface area (Å²) in [4.78, 5) is 0. The van der Waals surface area contributed by atoms with E-state index in [1.54, 1.807) is 0 Å². The van der Waals surface area contributed by atoms with Gasteiger partial charge in [-0.25, -0.2) is 0 Å². The zero-order valence-electron chi connectivity index (χ0n) is 12.5. The molecule has 0 aromatic heterocycles. The molecule has 1 aromatic rings. The van der Waals surface area contributed by atoms with Crippen molar-refractivity contribution in [2.75, 3.05) is 13.2 Å². The Kier molecular flexibility index (Phi) is 4.87. The van der Waals surface area contributed by atoms with E-state index in [1.165, 1.54) is 31.4 Å². The van der Waals surface area contributed by atoms with Gasteiger partial charge in [-0.2, -0.15) is 0 Å². The number of nitrogens with one attached hydrogen (secondary N) is 1. The second-order valence-corrected chi connectivity index (χ2v) is 6.56. The Morgan fingerprint density at radius 2 is 1.95 bits per heavy atom. The molecule has 2 rings (SSSR count). The molecule has 1 aliphatic heterocycles. The Bertz CT molecular complexity index is 371. The van der Waals surface area contributed by atoms with Crippen LogP contribution in [0.5, 0.6) is 5.75 Å². The number of ether oxygens (including phenoxy) is 1. The fourth-order valence-electron chi connectivity index (χ4n) is 2.57. The van der Waals surface area contributed by atoms with Crippen molar-refractivity contribution in [1.29, 1.82) is 0 Å². The Balaban J connectivity index is 1.71. The predicted molar refractivity (Wildman–Crippen MR) is 80.9 cm³/mol. The van der Waals surface area contributed by atoms with Crippen molar-refractivity contribution >= 4 is 0 Å². The van der Waals surface area contributed by atoms with Gasteiger partial charge in [-0.15, -0.1) is 0 Å². The topological polar surface area (TPSA) is 21.3 Å². The summed E-state index contributed by atoms with van der Waals surface area (Å²) in [7, 11) is 0. The zero-order valence-corrected chi connectivity index (χ0v) is 12.5. The number of rotatable bonds is 5. The minimum atomic E-state index is 0.215. The van der Waals surface area contributed by atoms with Crippen molar-refractivity contribution < 1.29 is 4.74 Å². The van der Waals surface area contributed by atoms with Gasteiger partial charge in [0.25, 0.3) is 0 Å². The second kappa shape index (κ2) is 6.42. The normalized spacial score (nSPS) is 19.6. The van der Waals surface area contributed by atoms with E-state index in [4.69, 9.17) is 4.74 Å². The molecule has 106 valence electrons. The van der Waals surface area contributed by atoms with E-state index in [0.717, 1.165) is 24.8 Å². The highest BCUT2D eigenvalue weighted by molar-refractivity contribution is 5.31. The Hall–Kier alpha value is -1.02. The van der Waals surface area contributed by atoms with Gasteiger partial charge in [0.1, 0.15) is 5.75 Å². The first-order chi connectivity index (χ1) is 9.05. The van der Waals surface area contributed by atoms with Crippen LogP contribution in [-0.2, 0) is 5.41 Å². The maximum Gasteiger partial charge on any atom is 0.119 e. The summed E-state index contributed by atoms with van der Waals surface area (Å²) in [5.74, 6) is 0.993. The van der Waals surface area contributed by atoms with Crippen LogP contribution in [0.25, 0.3) is 0 Å². The lowest BCUT2D eigenvalue weighted by molar-refractivity contribution is 0.299. The van der Waals surface area contributed by atoms with Crippen LogP contribution in [0.2, 0.25) is 0 Å². The molecular formula is C17H27NO. The van der Waals surface area contributed by atoms with Gasteiger partial charge in [0.2, 0.25) is 0 Å². The predicted octanol–water partition coefficient (Wildman–Crippen LogP) is 3.90. The van der Waals surface area contributed by atoms with Crippen LogP contribution in [-0.4, -0.2) is 19.2 Å². The highest BCUT2D eigenvalue weighted by Crippen LogP contribution is 2.24. The van der Waals surface area contributed by atoms with Crippen LogP contribution < -0.4 is 10.1 Å². The van der Waals surface area contributed by atoms with E-state index >= 15 is 0 Å². The molecule has 1 N–H and O–H groups in total. The lowest BCUT2D eigenvalue weighted by atomic mass is 9.87. The molecule has 1 unspecified atom stereocenters. The SMILES string of the molecule is CC(C)(C)c1ccc(OCCCC2CCCN2)cc1. The first-order valence-corrected chi connectivity index (χ1v) is 7.52. The summed E-state index contributed by atoms with van der Waals surface area (Å²) in [6, 6.07) is 9.26. The van der Waals surface area contributed by atoms with Crippen molar-refractivity contribution in [3.63, 3.8) is 0 Å². The summed E-state index contributed by atoms with van der Waals surface area (Å²) in [6.45, 7) is 8.72. The van der Waals surface area contributed by atoms with E-state index in [2.05, 4.69) is 50.4 Å². The summed E-state index contributed by atoms with van der Waals surface area (Å²) in [5, 5.41) is 3.52. The minimum absolute atomic E-state index is 0.215. The quantitative estimate of drug-likeness (QED) is 0.812. The van der Waals surface area contributed by atoms with Gasteiger partial charge in [0, 0.05) is 6.04 Å². The van der Waals surface area contributed by atoms with Crippen LogP contribution in [0.15, 0.2) is 24.3 Å². The second-order valence-electron chi connectivity index (χ2n) is 6.56. The van der Waals surface area contributed by atoms with Gasteiger partial charge in [-0.3, -0.25) is 0 Å². The van der Waals surface area contributed by atoms with E-state index in [9.17, 15) is 0 Å². The molecule has 0 bridgehead atoms. The maximum absolute atomic E-state index is 5.81. The molecule has 2 heteroatoms. The summed E-state index contributed by atoms with van der Waals surface area (Å²) >= 11 is 0. The molecule has 0 amide bonds. The molecule has 1 fully saturated rings. The monoisotopic (exact) mass is 261 g/mol. The van der Waals surface area contributed by atoms with E-state index < -0.39 is 0 Å². The summed E-state index contributed by atoms with van der Waals surface area (Å²) in [5.41, 5.74) is 1.57. The largest absolute Gasteiger partial charge is 0.494 e. The first-order valence-electron chi connectivity index (χ1n) is 7.52. The molecule has 1 aliphatic rings. The highest BCUT2D eigenvalue weighted by Gasteiger charge is 2.14. The third-order valence-corrected chi connectivity index (χ3v) is 3.85. The third kappa shape index (κ3) is 4.54. The fraction of sp³-hybridized carbons (Fsp3) is 0.647.